The lowest BCUT2D eigenvalue weighted by atomic mass is 10.1. The molecule has 0 atom stereocenters. The summed E-state index contributed by atoms with van der Waals surface area (Å²) in [7, 11) is 0. The summed E-state index contributed by atoms with van der Waals surface area (Å²) in [6.07, 6.45) is 5.39. The summed E-state index contributed by atoms with van der Waals surface area (Å²) < 4.78 is 2.02. The number of thiazole rings is 2. The average molecular weight is 395 g/mol. The van der Waals surface area contributed by atoms with Gasteiger partial charge >= 0.3 is 0 Å². The summed E-state index contributed by atoms with van der Waals surface area (Å²) in [5.74, 6) is -0.178. The van der Waals surface area contributed by atoms with Gasteiger partial charge in [0, 0.05) is 33.8 Å². The van der Waals surface area contributed by atoms with Gasteiger partial charge in [0.05, 0.1) is 22.1 Å². The number of anilines is 1. The fourth-order valence-corrected chi connectivity index (χ4v) is 4.37. The molecule has 0 saturated heterocycles. The van der Waals surface area contributed by atoms with Crippen molar-refractivity contribution in [1.29, 1.82) is 0 Å². The van der Waals surface area contributed by atoms with Crippen molar-refractivity contribution in [2.45, 2.75) is 20.8 Å². The Morgan fingerprint density at radius 2 is 2.07 bits per heavy atom. The zero-order chi connectivity index (χ0) is 19.0. The van der Waals surface area contributed by atoms with Crippen LogP contribution in [0.1, 0.15) is 21.3 Å². The number of imidazole rings is 1. The summed E-state index contributed by atoms with van der Waals surface area (Å²) in [6.45, 7) is 5.98. The number of carbonyl (C=O) groups is 1. The first-order chi connectivity index (χ1) is 13.0. The van der Waals surface area contributed by atoms with Gasteiger partial charge in [-0.25, -0.2) is 9.97 Å². The maximum absolute atomic E-state index is 12.4. The lowest BCUT2D eigenvalue weighted by Crippen LogP contribution is -2.07. The van der Waals surface area contributed by atoms with Crippen LogP contribution in [-0.4, -0.2) is 20.3 Å². The maximum Gasteiger partial charge on any atom is 0.248 e. The Hall–Kier alpha value is -2.77. The topological polar surface area (TPSA) is 59.3 Å². The first kappa shape index (κ1) is 17.6. The Kier molecular flexibility index (Phi) is 4.63. The molecule has 0 aliphatic rings. The molecule has 0 saturated carbocycles. The van der Waals surface area contributed by atoms with E-state index in [1.807, 2.05) is 67.1 Å². The van der Waals surface area contributed by atoms with E-state index in [0.717, 1.165) is 38.3 Å². The van der Waals surface area contributed by atoms with Gasteiger partial charge in [-0.05, 0) is 39.0 Å². The van der Waals surface area contributed by atoms with E-state index in [4.69, 9.17) is 0 Å². The Labute approximate surface area is 165 Å². The molecule has 0 bridgehead atoms. The summed E-state index contributed by atoms with van der Waals surface area (Å²) in [6, 6.07) is 7.72. The lowest BCUT2D eigenvalue weighted by Gasteiger charge is -2.04. The number of nitrogens with zero attached hydrogens (tertiary/aromatic N) is 3. The van der Waals surface area contributed by atoms with Crippen LogP contribution in [0.25, 0.3) is 22.3 Å². The first-order valence-electron chi connectivity index (χ1n) is 8.46. The molecule has 1 N–H and O–H groups in total. The molecule has 1 amide bonds. The smallest absolute Gasteiger partial charge is 0.248 e. The van der Waals surface area contributed by atoms with Crippen molar-refractivity contribution in [3.8, 4) is 11.3 Å². The SMILES string of the molecule is Cc1cn2c(/C=C/C(=O)Nc3cccc(-c4csc(C)n4)c3)c(C)nc2s1. The molecule has 7 heteroatoms. The average Bonchev–Trinajstić information content (AvgIpc) is 3.28. The molecule has 4 aromatic rings. The molecule has 3 heterocycles. The van der Waals surface area contributed by atoms with Crippen molar-refractivity contribution >= 4 is 45.3 Å². The second-order valence-corrected chi connectivity index (χ2v) is 8.51. The molecule has 3 aromatic heterocycles. The standard InChI is InChI=1S/C20H18N4OS2/c1-12-10-24-18(13(2)21-20(24)27-12)7-8-19(25)23-16-6-4-5-15(9-16)17-11-26-14(3)22-17/h4-11H,1-3H3,(H,23,25)/b8-7+. The fraction of sp³-hybridized carbons (Fsp3) is 0.150. The molecule has 0 spiro atoms. The summed E-state index contributed by atoms with van der Waals surface area (Å²) in [5, 5.41) is 5.96. The second-order valence-electron chi connectivity index (χ2n) is 6.23. The van der Waals surface area contributed by atoms with Crippen LogP contribution in [0.2, 0.25) is 0 Å². The highest BCUT2D eigenvalue weighted by Gasteiger charge is 2.09. The molecule has 0 aliphatic carbocycles. The van der Waals surface area contributed by atoms with Gasteiger partial charge in [0.1, 0.15) is 0 Å². The molecule has 1 aromatic carbocycles. The highest BCUT2D eigenvalue weighted by atomic mass is 32.1. The van der Waals surface area contributed by atoms with Gasteiger partial charge in [-0.3, -0.25) is 9.20 Å². The molecule has 136 valence electrons. The number of nitrogens with one attached hydrogen (secondary N) is 1. The number of hydrogen-bond acceptors (Lipinski definition) is 5. The predicted molar refractivity (Wildman–Crippen MR) is 112 cm³/mol. The molecule has 5 nitrogen and oxygen atoms in total. The van der Waals surface area contributed by atoms with Gasteiger partial charge in [0.15, 0.2) is 4.96 Å². The first-order valence-corrected chi connectivity index (χ1v) is 10.2. The van der Waals surface area contributed by atoms with Crippen molar-refractivity contribution in [2.24, 2.45) is 0 Å². The quantitative estimate of drug-likeness (QED) is 0.490. The largest absolute Gasteiger partial charge is 0.322 e. The predicted octanol–water partition coefficient (Wildman–Crippen LogP) is 5.10. The maximum atomic E-state index is 12.4. The minimum Gasteiger partial charge on any atom is -0.322 e. The van der Waals surface area contributed by atoms with Crippen LogP contribution >= 0.6 is 22.7 Å². The van der Waals surface area contributed by atoms with Crippen LogP contribution in [0.4, 0.5) is 5.69 Å². The summed E-state index contributed by atoms with van der Waals surface area (Å²) >= 11 is 3.25. The van der Waals surface area contributed by atoms with Crippen molar-refractivity contribution in [3.63, 3.8) is 0 Å². The molecule has 0 fully saturated rings. The van der Waals surface area contributed by atoms with Gasteiger partial charge in [-0.2, -0.15) is 0 Å². The third kappa shape index (κ3) is 3.70. The number of carbonyl (C=O) groups excluding carboxylic acids is 1. The second kappa shape index (κ2) is 7.09. The van der Waals surface area contributed by atoms with Crippen molar-refractivity contribution in [3.05, 3.63) is 63.2 Å². The van der Waals surface area contributed by atoms with E-state index >= 15 is 0 Å². The number of benzene rings is 1. The number of rotatable bonds is 4. The molecule has 0 radical (unpaired) electrons. The summed E-state index contributed by atoms with van der Waals surface area (Å²) in [5.41, 5.74) is 4.49. The van der Waals surface area contributed by atoms with E-state index in [0.29, 0.717) is 0 Å². The van der Waals surface area contributed by atoms with Gasteiger partial charge in [-0.1, -0.05) is 12.1 Å². The molecular formula is C20H18N4OS2. The van der Waals surface area contributed by atoms with E-state index < -0.39 is 0 Å². The number of aryl methyl sites for hydroxylation is 3. The summed E-state index contributed by atoms with van der Waals surface area (Å²) in [4.78, 5) is 23.5. The van der Waals surface area contributed by atoms with E-state index in [9.17, 15) is 4.79 Å². The molecule has 0 unspecified atom stereocenters. The monoisotopic (exact) mass is 394 g/mol. The van der Waals surface area contributed by atoms with Gasteiger partial charge in [-0.15, -0.1) is 22.7 Å². The van der Waals surface area contributed by atoms with Crippen molar-refractivity contribution in [1.82, 2.24) is 14.4 Å². The number of hydrogen-bond donors (Lipinski definition) is 1. The van der Waals surface area contributed by atoms with E-state index in [1.54, 1.807) is 28.7 Å². The Bertz CT molecular complexity index is 1170. The van der Waals surface area contributed by atoms with Crippen molar-refractivity contribution < 1.29 is 4.79 Å². The van der Waals surface area contributed by atoms with Crippen LogP contribution in [0.3, 0.4) is 0 Å². The van der Waals surface area contributed by atoms with Gasteiger partial charge < -0.3 is 5.32 Å². The number of amides is 1. The van der Waals surface area contributed by atoms with E-state index in [1.165, 1.54) is 4.88 Å². The van der Waals surface area contributed by atoms with E-state index in [-0.39, 0.29) is 5.91 Å². The third-order valence-electron chi connectivity index (χ3n) is 4.10. The van der Waals surface area contributed by atoms with E-state index in [2.05, 4.69) is 15.3 Å². The number of fused-ring (bicyclic) bond motifs is 1. The lowest BCUT2D eigenvalue weighted by molar-refractivity contribution is -0.111. The highest BCUT2D eigenvalue weighted by molar-refractivity contribution is 7.17. The molecule has 4 rings (SSSR count). The zero-order valence-corrected chi connectivity index (χ0v) is 16.8. The minimum atomic E-state index is -0.178. The van der Waals surface area contributed by atoms with Gasteiger partial charge in [0.2, 0.25) is 5.91 Å². The molecule has 27 heavy (non-hydrogen) atoms. The Morgan fingerprint density at radius 3 is 2.85 bits per heavy atom. The Balaban J connectivity index is 1.52. The van der Waals surface area contributed by atoms with Crippen molar-refractivity contribution in [2.75, 3.05) is 5.32 Å². The number of aromatic nitrogens is 3. The van der Waals surface area contributed by atoms with Gasteiger partial charge in [0.25, 0.3) is 0 Å². The van der Waals surface area contributed by atoms with Crippen LogP contribution in [0.15, 0.2) is 41.9 Å². The third-order valence-corrected chi connectivity index (χ3v) is 5.77. The fourth-order valence-electron chi connectivity index (χ4n) is 2.87. The highest BCUT2D eigenvalue weighted by Crippen LogP contribution is 2.24. The Morgan fingerprint density at radius 1 is 1.22 bits per heavy atom. The van der Waals surface area contributed by atoms with Crippen LogP contribution in [-0.2, 0) is 4.79 Å². The van der Waals surface area contributed by atoms with Crippen LogP contribution in [0.5, 0.6) is 0 Å². The normalized spacial score (nSPS) is 11.5. The zero-order valence-electron chi connectivity index (χ0n) is 15.2. The molecular weight excluding hydrogens is 376 g/mol. The minimum absolute atomic E-state index is 0.178. The van der Waals surface area contributed by atoms with Crippen LogP contribution in [0, 0.1) is 20.8 Å². The van der Waals surface area contributed by atoms with Crippen LogP contribution < -0.4 is 5.32 Å². The molecule has 0 aliphatic heterocycles.